The van der Waals surface area contributed by atoms with Gasteiger partial charge >= 0.3 is 0 Å². The highest BCUT2D eigenvalue weighted by Gasteiger charge is 2.29. The average Bonchev–Trinajstić information content (AvgIpc) is 3.10. The summed E-state index contributed by atoms with van der Waals surface area (Å²) in [6.07, 6.45) is 5.77. The van der Waals surface area contributed by atoms with E-state index in [0.29, 0.717) is 12.1 Å². The standard InChI is InChI=1S/C18H24N2O2/c1-13(21)20-10-7-14-11-15(5-6-16(14)20)17(22)19-12-18(2)8-3-4-9-18/h5-6,11H,3-4,7-10,12H2,1-2H3,(H,19,22). The van der Waals surface area contributed by atoms with Gasteiger partial charge in [0.2, 0.25) is 5.91 Å². The van der Waals surface area contributed by atoms with Crippen LogP contribution in [-0.4, -0.2) is 24.9 Å². The van der Waals surface area contributed by atoms with E-state index in [1.807, 2.05) is 18.2 Å². The molecule has 0 spiro atoms. The Kier molecular flexibility index (Phi) is 3.94. The van der Waals surface area contributed by atoms with Crippen LogP contribution in [0.5, 0.6) is 0 Å². The van der Waals surface area contributed by atoms with Crippen LogP contribution < -0.4 is 10.2 Å². The van der Waals surface area contributed by atoms with Gasteiger partial charge in [-0.15, -0.1) is 0 Å². The molecule has 0 unspecified atom stereocenters. The fraction of sp³-hybridized carbons (Fsp3) is 0.556. The van der Waals surface area contributed by atoms with E-state index in [1.165, 1.54) is 25.7 Å². The molecule has 2 amide bonds. The molecule has 0 saturated heterocycles. The van der Waals surface area contributed by atoms with Crippen molar-refractivity contribution in [1.82, 2.24) is 5.32 Å². The predicted octanol–water partition coefficient (Wildman–Crippen LogP) is 2.91. The lowest BCUT2D eigenvalue weighted by molar-refractivity contribution is -0.116. The first-order valence-electron chi connectivity index (χ1n) is 8.18. The molecule has 1 N–H and O–H groups in total. The van der Waals surface area contributed by atoms with E-state index in [1.54, 1.807) is 11.8 Å². The molecule has 1 aliphatic heterocycles. The largest absolute Gasteiger partial charge is 0.351 e. The topological polar surface area (TPSA) is 49.4 Å². The monoisotopic (exact) mass is 300 g/mol. The lowest BCUT2D eigenvalue weighted by Gasteiger charge is -2.23. The molecule has 4 nitrogen and oxygen atoms in total. The van der Waals surface area contributed by atoms with Gasteiger partial charge in [-0.1, -0.05) is 19.8 Å². The SMILES string of the molecule is CC(=O)N1CCc2cc(C(=O)NCC3(C)CCCC3)ccc21. The number of carbonyl (C=O) groups is 2. The molecule has 0 atom stereocenters. The molecule has 2 aliphatic rings. The van der Waals surface area contributed by atoms with Crippen molar-refractivity contribution >= 4 is 17.5 Å². The summed E-state index contributed by atoms with van der Waals surface area (Å²) in [5, 5.41) is 3.09. The Morgan fingerprint density at radius 2 is 2.00 bits per heavy atom. The zero-order valence-electron chi connectivity index (χ0n) is 13.4. The van der Waals surface area contributed by atoms with Crippen LogP contribution in [-0.2, 0) is 11.2 Å². The number of nitrogens with one attached hydrogen (secondary N) is 1. The Morgan fingerprint density at radius 3 is 2.68 bits per heavy atom. The molecular weight excluding hydrogens is 276 g/mol. The van der Waals surface area contributed by atoms with Gasteiger partial charge in [0.15, 0.2) is 0 Å². The van der Waals surface area contributed by atoms with Gasteiger partial charge in [-0.3, -0.25) is 9.59 Å². The molecule has 1 fully saturated rings. The summed E-state index contributed by atoms with van der Waals surface area (Å²) in [5.74, 6) is 0.0577. The molecule has 4 heteroatoms. The van der Waals surface area contributed by atoms with Crippen molar-refractivity contribution < 1.29 is 9.59 Å². The third-order valence-electron chi connectivity index (χ3n) is 5.10. The maximum absolute atomic E-state index is 12.4. The number of benzene rings is 1. The van der Waals surface area contributed by atoms with Crippen molar-refractivity contribution in [2.75, 3.05) is 18.0 Å². The van der Waals surface area contributed by atoms with Crippen LogP contribution in [0.15, 0.2) is 18.2 Å². The maximum atomic E-state index is 12.4. The summed E-state index contributed by atoms with van der Waals surface area (Å²) >= 11 is 0. The molecule has 1 saturated carbocycles. The minimum atomic E-state index is -0.00259. The van der Waals surface area contributed by atoms with Crippen LogP contribution >= 0.6 is 0 Å². The minimum Gasteiger partial charge on any atom is -0.351 e. The molecular formula is C18H24N2O2. The Bertz CT molecular complexity index is 603. The maximum Gasteiger partial charge on any atom is 0.251 e. The van der Waals surface area contributed by atoms with Crippen molar-refractivity contribution in [1.29, 1.82) is 0 Å². The Balaban J connectivity index is 1.68. The quantitative estimate of drug-likeness (QED) is 0.933. The number of rotatable bonds is 3. The summed E-state index contributed by atoms with van der Waals surface area (Å²) in [5.41, 5.74) is 3.00. The first kappa shape index (κ1) is 15.1. The summed E-state index contributed by atoms with van der Waals surface area (Å²) in [6, 6.07) is 5.66. The van der Waals surface area contributed by atoms with Crippen molar-refractivity contribution in [2.24, 2.45) is 5.41 Å². The number of nitrogens with zero attached hydrogens (tertiary/aromatic N) is 1. The van der Waals surface area contributed by atoms with Crippen molar-refractivity contribution in [3.8, 4) is 0 Å². The molecule has 118 valence electrons. The number of anilines is 1. The van der Waals surface area contributed by atoms with Crippen LogP contribution in [0.4, 0.5) is 5.69 Å². The molecule has 0 radical (unpaired) electrons. The fourth-order valence-electron chi connectivity index (χ4n) is 3.67. The first-order valence-corrected chi connectivity index (χ1v) is 8.18. The smallest absolute Gasteiger partial charge is 0.251 e. The third kappa shape index (κ3) is 2.87. The second-order valence-corrected chi connectivity index (χ2v) is 6.96. The average molecular weight is 300 g/mol. The van der Waals surface area contributed by atoms with Gasteiger partial charge in [-0.25, -0.2) is 0 Å². The second-order valence-electron chi connectivity index (χ2n) is 6.96. The normalized spacial score (nSPS) is 19.1. The van der Waals surface area contributed by atoms with E-state index < -0.39 is 0 Å². The number of carbonyl (C=O) groups excluding carboxylic acids is 2. The molecule has 0 bridgehead atoms. The number of hydrogen-bond donors (Lipinski definition) is 1. The molecule has 0 aromatic heterocycles. The van der Waals surface area contributed by atoms with E-state index >= 15 is 0 Å². The van der Waals surface area contributed by atoms with Crippen LogP contribution in [0.3, 0.4) is 0 Å². The van der Waals surface area contributed by atoms with Crippen molar-refractivity contribution in [3.63, 3.8) is 0 Å². The van der Waals surface area contributed by atoms with E-state index in [-0.39, 0.29) is 17.2 Å². The summed E-state index contributed by atoms with van der Waals surface area (Å²) < 4.78 is 0. The Labute approximate surface area is 131 Å². The highest BCUT2D eigenvalue weighted by Crippen LogP contribution is 2.36. The fourth-order valence-corrected chi connectivity index (χ4v) is 3.67. The third-order valence-corrected chi connectivity index (χ3v) is 5.10. The van der Waals surface area contributed by atoms with E-state index in [2.05, 4.69) is 12.2 Å². The van der Waals surface area contributed by atoms with Crippen LogP contribution in [0.1, 0.15) is 55.5 Å². The van der Waals surface area contributed by atoms with E-state index in [4.69, 9.17) is 0 Å². The lowest BCUT2D eigenvalue weighted by Crippen LogP contribution is -2.34. The van der Waals surface area contributed by atoms with Crippen LogP contribution in [0.25, 0.3) is 0 Å². The zero-order chi connectivity index (χ0) is 15.7. The summed E-state index contributed by atoms with van der Waals surface area (Å²) in [7, 11) is 0. The highest BCUT2D eigenvalue weighted by atomic mass is 16.2. The first-order chi connectivity index (χ1) is 10.5. The molecule has 1 aromatic carbocycles. The summed E-state index contributed by atoms with van der Waals surface area (Å²) in [6.45, 7) is 5.31. The number of fused-ring (bicyclic) bond motifs is 1. The van der Waals surface area contributed by atoms with Crippen molar-refractivity contribution in [2.45, 2.75) is 46.0 Å². The zero-order valence-corrected chi connectivity index (χ0v) is 13.4. The Morgan fingerprint density at radius 1 is 1.27 bits per heavy atom. The molecule has 1 aromatic rings. The molecule has 3 rings (SSSR count). The van der Waals surface area contributed by atoms with Gasteiger partial charge in [0.1, 0.15) is 0 Å². The van der Waals surface area contributed by atoms with Gasteiger partial charge in [-0.2, -0.15) is 0 Å². The number of hydrogen-bond acceptors (Lipinski definition) is 2. The molecule has 1 aliphatic carbocycles. The molecule has 22 heavy (non-hydrogen) atoms. The predicted molar refractivity (Wildman–Crippen MR) is 87.1 cm³/mol. The second kappa shape index (κ2) is 5.75. The van der Waals surface area contributed by atoms with Crippen LogP contribution in [0.2, 0.25) is 0 Å². The van der Waals surface area contributed by atoms with Gasteiger partial charge in [-0.05, 0) is 48.4 Å². The van der Waals surface area contributed by atoms with Gasteiger partial charge in [0.05, 0.1) is 0 Å². The van der Waals surface area contributed by atoms with E-state index in [9.17, 15) is 9.59 Å². The minimum absolute atomic E-state index is 0.00259. The number of amides is 2. The lowest BCUT2D eigenvalue weighted by atomic mass is 9.89. The van der Waals surface area contributed by atoms with Gasteiger partial charge < -0.3 is 10.2 Å². The van der Waals surface area contributed by atoms with E-state index in [0.717, 1.165) is 24.2 Å². The highest BCUT2D eigenvalue weighted by molar-refractivity contribution is 5.97. The summed E-state index contributed by atoms with van der Waals surface area (Å²) in [4.78, 5) is 25.7. The Hall–Kier alpha value is -1.84. The van der Waals surface area contributed by atoms with Gasteiger partial charge in [0, 0.05) is 31.3 Å². The van der Waals surface area contributed by atoms with Crippen LogP contribution in [0, 0.1) is 5.41 Å². The van der Waals surface area contributed by atoms with Gasteiger partial charge in [0.25, 0.3) is 5.91 Å². The molecule has 1 heterocycles. The van der Waals surface area contributed by atoms with Crippen molar-refractivity contribution in [3.05, 3.63) is 29.3 Å².